The van der Waals surface area contributed by atoms with Gasteiger partial charge >= 0.3 is 0 Å². The van der Waals surface area contributed by atoms with Crippen LogP contribution in [0.1, 0.15) is 10.4 Å². The Labute approximate surface area is 118 Å². The molecule has 99 valence electrons. The number of primary amides is 1. The summed E-state index contributed by atoms with van der Waals surface area (Å²) in [4.78, 5) is 18.5. The van der Waals surface area contributed by atoms with E-state index < -0.39 is 11.7 Å². The van der Waals surface area contributed by atoms with Gasteiger partial charge in [0.15, 0.2) is 0 Å². The highest BCUT2D eigenvalue weighted by Gasteiger charge is 2.16. The van der Waals surface area contributed by atoms with Crippen molar-refractivity contribution in [3.05, 3.63) is 52.8 Å². The molecular weight excluding hydrogens is 281 g/mol. The molecule has 0 saturated heterocycles. The van der Waals surface area contributed by atoms with Gasteiger partial charge in [0.05, 0.1) is 21.7 Å². The second kappa shape index (κ2) is 4.61. The fourth-order valence-corrected chi connectivity index (χ4v) is 2.26. The molecule has 20 heavy (non-hydrogen) atoms. The molecule has 0 aliphatic heterocycles. The average Bonchev–Trinajstić information content (AvgIpc) is 2.81. The highest BCUT2D eigenvalue weighted by Crippen LogP contribution is 2.30. The Hall–Kier alpha value is -2.40. The molecule has 0 spiro atoms. The number of halogens is 2. The first-order valence-corrected chi connectivity index (χ1v) is 6.10. The molecule has 2 aromatic carbocycles. The lowest BCUT2D eigenvalue weighted by molar-refractivity contribution is 0.100. The summed E-state index contributed by atoms with van der Waals surface area (Å²) in [6.07, 6.45) is 0. The van der Waals surface area contributed by atoms with Gasteiger partial charge in [-0.25, -0.2) is 9.37 Å². The molecule has 3 N–H and O–H groups in total. The van der Waals surface area contributed by atoms with E-state index >= 15 is 0 Å². The highest BCUT2D eigenvalue weighted by molar-refractivity contribution is 6.33. The van der Waals surface area contributed by atoms with Crippen LogP contribution in [-0.4, -0.2) is 15.9 Å². The number of rotatable bonds is 2. The van der Waals surface area contributed by atoms with E-state index in [4.69, 9.17) is 17.3 Å². The number of hydrogen-bond acceptors (Lipinski definition) is 2. The normalized spacial score (nSPS) is 10.9. The van der Waals surface area contributed by atoms with Crippen molar-refractivity contribution in [2.75, 3.05) is 0 Å². The number of imidazole rings is 1. The number of benzene rings is 2. The van der Waals surface area contributed by atoms with Crippen LogP contribution in [0.5, 0.6) is 0 Å². The number of nitrogens with one attached hydrogen (secondary N) is 1. The lowest BCUT2D eigenvalue weighted by atomic mass is 10.2. The van der Waals surface area contributed by atoms with Crippen LogP contribution >= 0.6 is 11.6 Å². The van der Waals surface area contributed by atoms with E-state index in [9.17, 15) is 9.18 Å². The quantitative estimate of drug-likeness (QED) is 0.761. The Kier molecular flexibility index (Phi) is 2.91. The maximum atomic E-state index is 13.9. The van der Waals surface area contributed by atoms with Gasteiger partial charge in [0.1, 0.15) is 17.2 Å². The zero-order valence-corrected chi connectivity index (χ0v) is 10.8. The number of carbonyl (C=O) groups excluding carboxylic acids is 1. The molecule has 1 aromatic heterocycles. The summed E-state index contributed by atoms with van der Waals surface area (Å²) >= 11 is 5.99. The molecule has 0 aliphatic carbocycles. The van der Waals surface area contributed by atoms with Crippen molar-refractivity contribution >= 4 is 28.5 Å². The number of aromatic amines is 1. The first kappa shape index (κ1) is 12.6. The van der Waals surface area contributed by atoms with Crippen molar-refractivity contribution in [3.8, 4) is 11.4 Å². The van der Waals surface area contributed by atoms with Crippen LogP contribution in [0.4, 0.5) is 4.39 Å². The van der Waals surface area contributed by atoms with Gasteiger partial charge in [-0.2, -0.15) is 0 Å². The fraction of sp³-hybridized carbons (Fsp3) is 0. The minimum absolute atomic E-state index is 0.150. The Balaban J connectivity index is 2.29. The minimum Gasteiger partial charge on any atom is -0.366 e. The van der Waals surface area contributed by atoms with E-state index in [1.165, 1.54) is 12.1 Å². The largest absolute Gasteiger partial charge is 0.366 e. The number of nitrogens with two attached hydrogens (primary N) is 1. The molecular formula is C14H8ClFN3O. The van der Waals surface area contributed by atoms with Gasteiger partial charge < -0.3 is 10.7 Å². The van der Waals surface area contributed by atoms with Gasteiger partial charge in [-0.3, -0.25) is 4.79 Å². The average molecular weight is 289 g/mol. The van der Waals surface area contributed by atoms with Gasteiger partial charge in [0.25, 0.3) is 5.91 Å². The van der Waals surface area contributed by atoms with E-state index in [0.29, 0.717) is 11.0 Å². The molecule has 1 heterocycles. The molecule has 0 bridgehead atoms. The summed E-state index contributed by atoms with van der Waals surface area (Å²) in [6.45, 7) is 0. The highest BCUT2D eigenvalue weighted by atomic mass is 35.5. The molecule has 0 aliphatic rings. The van der Waals surface area contributed by atoms with Gasteiger partial charge in [0, 0.05) is 0 Å². The van der Waals surface area contributed by atoms with Crippen LogP contribution < -0.4 is 5.73 Å². The Bertz CT molecular complexity index is 808. The zero-order chi connectivity index (χ0) is 14.3. The lowest BCUT2D eigenvalue weighted by Crippen LogP contribution is -2.11. The van der Waals surface area contributed by atoms with Gasteiger partial charge in [-0.1, -0.05) is 23.7 Å². The lowest BCUT2D eigenvalue weighted by Gasteiger charge is -2.01. The number of aromatic nitrogens is 2. The van der Waals surface area contributed by atoms with Crippen LogP contribution in [-0.2, 0) is 0 Å². The molecule has 0 unspecified atom stereocenters. The maximum Gasteiger partial charge on any atom is 0.251 e. The molecule has 6 heteroatoms. The van der Waals surface area contributed by atoms with Crippen LogP contribution in [0, 0.1) is 11.9 Å². The van der Waals surface area contributed by atoms with Crippen LogP contribution in [0.25, 0.3) is 22.4 Å². The third-order valence-electron chi connectivity index (χ3n) is 2.89. The topological polar surface area (TPSA) is 71.8 Å². The summed E-state index contributed by atoms with van der Waals surface area (Å²) in [6, 6.07) is 10.3. The van der Waals surface area contributed by atoms with E-state index in [1.807, 2.05) is 0 Å². The predicted molar refractivity (Wildman–Crippen MR) is 73.9 cm³/mol. The first-order valence-electron chi connectivity index (χ1n) is 5.72. The fourth-order valence-electron chi connectivity index (χ4n) is 2.00. The molecule has 1 radical (unpaired) electrons. The van der Waals surface area contributed by atoms with Crippen molar-refractivity contribution < 1.29 is 9.18 Å². The number of H-pyrrole nitrogens is 1. The van der Waals surface area contributed by atoms with Crippen LogP contribution in [0.3, 0.4) is 0 Å². The van der Waals surface area contributed by atoms with Crippen molar-refractivity contribution in [2.24, 2.45) is 5.73 Å². The Morgan fingerprint density at radius 2 is 2.20 bits per heavy atom. The minimum atomic E-state index is -0.645. The van der Waals surface area contributed by atoms with Crippen molar-refractivity contribution in [1.82, 2.24) is 9.97 Å². The van der Waals surface area contributed by atoms with E-state index in [1.54, 1.807) is 18.2 Å². The van der Waals surface area contributed by atoms with Crippen molar-refractivity contribution in [2.45, 2.75) is 0 Å². The molecule has 0 atom stereocenters. The smallest absolute Gasteiger partial charge is 0.251 e. The third-order valence-corrected chi connectivity index (χ3v) is 3.21. The second-order valence-electron chi connectivity index (χ2n) is 4.16. The molecule has 4 nitrogen and oxygen atoms in total. The number of carbonyl (C=O) groups is 1. The molecule has 3 aromatic rings. The zero-order valence-electron chi connectivity index (χ0n) is 10.1. The van der Waals surface area contributed by atoms with Crippen molar-refractivity contribution in [1.29, 1.82) is 0 Å². The maximum absolute atomic E-state index is 13.9. The first-order chi connectivity index (χ1) is 9.58. The van der Waals surface area contributed by atoms with Gasteiger partial charge in [-0.15, -0.1) is 0 Å². The number of amides is 1. The molecule has 0 fully saturated rings. The van der Waals surface area contributed by atoms with Crippen LogP contribution in [0.15, 0.2) is 30.3 Å². The summed E-state index contributed by atoms with van der Waals surface area (Å²) in [5.74, 6) is -0.903. The van der Waals surface area contributed by atoms with E-state index in [-0.39, 0.29) is 22.0 Å². The number of hydrogen-bond donors (Lipinski definition) is 2. The standard InChI is InChI=1S/C14H8ClFN3O/c15-8-4-2-5-9(16)11(8)14-18-10-6-1-3-7(13(17)20)12(10)19-14/h1-2,4-6H,(H2,17,20)(H,18,19). The Morgan fingerprint density at radius 3 is 2.90 bits per heavy atom. The van der Waals surface area contributed by atoms with Gasteiger partial charge in [-0.05, 0) is 24.3 Å². The van der Waals surface area contributed by atoms with Crippen molar-refractivity contribution in [3.63, 3.8) is 0 Å². The molecule has 0 saturated carbocycles. The third kappa shape index (κ3) is 1.92. The summed E-state index contributed by atoms with van der Waals surface area (Å²) in [7, 11) is 0. The SMILES string of the molecule is NC(=O)c1[c]ccc2[nH]c(-c3c(F)cccc3Cl)nc12. The van der Waals surface area contributed by atoms with E-state index in [0.717, 1.165) is 0 Å². The Morgan fingerprint density at radius 1 is 1.40 bits per heavy atom. The molecule has 3 rings (SSSR count). The monoisotopic (exact) mass is 288 g/mol. The second-order valence-corrected chi connectivity index (χ2v) is 4.57. The number of nitrogens with zero attached hydrogens (tertiary/aromatic N) is 1. The van der Waals surface area contributed by atoms with E-state index in [2.05, 4.69) is 16.0 Å². The molecule has 1 amide bonds. The summed E-state index contributed by atoms with van der Waals surface area (Å²) in [5, 5.41) is 0.230. The summed E-state index contributed by atoms with van der Waals surface area (Å²) in [5.41, 5.74) is 6.47. The van der Waals surface area contributed by atoms with Gasteiger partial charge in [0.2, 0.25) is 0 Å². The van der Waals surface area contributed by atoms with Crippen LogP contribution in [0.2, 0.25) is 5.02 Å². The predicted octanol–water partition coefficient (Wildman–Crippen LogP) is 2.92. The number of fused-ring (bicyclic) bond motifs is 1. The summed E-state index contributed by atoms with van der Waals surface area (Å²) < 4.78 is 13.9.